The van der Waals surface area contributed by atoms with Crippen LogP contribution in [0.2, 0.25) is 0 Å². The minimum atomic E-state index is -0.0230. The molecule has 2 amide bonds. The molecule has 1 unspecified atom stereocenters. The number of urea groups is 1. The number of benzene rings is 1. The number of rotatable bonds is 3. The first-order valence-corrected chi connectivity index (χ1v) is 7.74. The molecule has 1 heterocycles. The Morgan fingerprint density at radius 2 is 2.00 bits per heavy atom. The summed E-state index contributed by atoms with van der Waals surface area (Å²) < 4.78 is 5.79. The van der Waals surface area contributed by atoms with E-state index in [2.05, 4.69) is 25.2 Å². The third-order valence-electron chi connectivity index (χ3n) is 4.38. The lowest BCUT2D eigenvalue weighted by Crippen LogP contribution is -2.48. The number of likely N-dealkylation sites (tertiary alicyclic amines) is 1. The smallest absolute Gasteiger partial charge is 0.320 e. The fraction of sp³-hybridized carbons (Fsp3) is 0.588. The third kappa shape index (κ3) is 3.69. The molecule has 4 nitrogen and oxygen atoms in total. The summed E-state index contributed by atoms with van der Waals surface area (Å²) in [6.45, 7) is 9.30. The number of nitrogens with zero attached hydrogens (tertiary/aromatic N) is 1. The van der Waals surface area contributed by atoms with E-state index in [-0.39, 0.29) is 12.8 Å². The van der Waals surface area contributed by atoms with Crippen LogP contribution in [0.3, 0.4) is 0 Å². The summed E-state index contributed by atoms with van der Waals surface area (Å²) in [5.74, 6) is 0.877. The van der Waals surface area contributed by atoms with Gasteiger partial charge in [-0.15, -0.1) is 0 Å². The largest absolute Gasteiger partial charge is 0.473 e. The number of hydrogen-bond donors (Lipinski definition) is 1. The second-order valence-electron chi connectivity index (χ2n) is 5.96. The molecule has 0 aromatic heterocycles. The SMILES string of the molecule is Cc1ccc(C)c(OCNC(=O)N2CCCCC2C)c1C. The van der Waals surface area contributed by atoms with E-state index in [4.69, 9.17) is 4.74 Å². The van der Waals surface area contributed by atoms with Gasteiger partial charge in [0, 0.05) is 12.6 Å². The van der Waals surface area contributed by atoms with Gasteiger partial charge < -0.3 is 15.0 Å². The van der Waals surface area contributed by atoms with E-state index in [0.717, 1.165) is 36.3 Å². The van der Waals surface area contributed by atoms with Crippen molar-refractivity contribution < 1.29 is 9.53 Å². The Labute approximate surface area is 127 Å². The molecule has 1 aromatic carbocycles. The number of hydrogen-bond acceptors (Lipinski definition) is 2. The second-order valence-corrected chi connectivity index (χ2v) is 5.96. The molecule has 0 aliphatic carbocycles. The van der Waals surface area contributed by atoms with Crippen molar-refractivity contribution in [2.75, 3.05) is 13.3 Å². The van der Waals surface area contributed by atoms with Gasteiger partial charge in [0.05, 0.1) is 0 Å². The molecule has 0 bridgehead atoms. The van der Waals surface area contributed by atoms with Crippen molar-refractivity contribution in [2.45, 2.75) is 53.0 Å². The van der Waals surface area contributed by atoms with Gasteiger partial charge in [-0.1, -0.05) is 12.1 Å². The topological polar surface area (TPSA) is 41.6 Å². The Morgan fingerprint density at radius 1 is 1.29 bits per heavy atom. The Balaban J connectivity index is 1.90. The van der Waals surface area contributed by atoms with E-state index in [1.807, 2.05) is 24.8 Å². The monoisotopic (exact) mass is 290 g/mol. The predicted octanol–water partition coefficient (Wildman–Crippen LogP) is 3.53. The van der Waals surface area contributed by atoms with Gasteiger partial charge in [-0.2, -0.15) is 0 Å². The maximum atomic E-state index is 12.2. The van der Waals surface area contributed by atoms with Crippen molar-refractivity contribution in [3.63, 3.8) is 0 Å². The summed E-state index contributed by atoms with van der Waals surface area (Å²) in [6.07, 6.45) is 3.39. The molecule has 1 atom stereocenters. The van der Waals surface area contributed by atoms with Gasteiger partial charge in [-0.25, -0.2) is 4.79 Å². The summed E-state index contributed by atoms with van der Waals surface area (Å²) >= 11 is 0. The molecule has 1 aromatic rings. The van der Waals surface area contributed by atoms with Gasteiger partial charge in [0.1, 0.15) is 5.75 Å². The molecular formula is C17H26N2O2. The summed E-state index contributed by atoms with van der Waals surface area (Å²) in [7, 11) is 0. The molecule has 0 saturated carbocycles. The highest BCUT2D eigenvalue weighted by atomic mass is 16.5. The maximum absolute atomic E-state index is 12.2. The lowest BCUT2D eigenvalue weighted by Gasteiger charge is -2.33. The summed E-state index contributed by atoms with van der Waals surface area (Å²) in [6, 6.07) is 4.43. The molecule has 1 saturated heterocycles. The second kappa shape index (κ2) is 6.83. The van der Waals surface area contributed by atoms with Gasteiger partial charge in [0.15, 0.2) is 6.73 Å². The summed E-state index contributed by atoms with van der Waals surface area (Å²) in [5.41, 5.74) is 3.43. The Morgan fingerprint density at radius 3 is 2.71 bits per heavy atom. The molecule has 116 valence electrons. The van der Waals surface area contributed by atoms with Gasteiger partial charge >= 0.3 is 6.03 Å². The Kier molecular flexibility index (Phi) is 5.10. The molecule has 0 spiro atoms. The van der Waals surface area contributed by atoms with Crippen molar-refractivity contribution >= 4 is 6.03 Å². The van der Waals surface area contributed by atoms with Crippen LogP contribution in [0.4, 0.5) is 4.79 Å². The highest BCUT2D eigenvalue weighted by molar-refractivity contribution is 5.74. The molecular weight excluding hydrogens is 264 g/mol. The number of amides is 2. The van der Waals surface area contributed by atoms with Crippen molar-refractivity contribution in [3.8, 4) is 5.75 Å². The maximum Gasteiger partial charge on any atom is 0.320 e. The molecule has 1 aliphatic rings. The first-order valence-electron chi connectivity index (χ1n) is 7.74. The molecule has 1 N–H and O–H groups in total. The van der Waals surface area contributed by atoms with Gasteiger partial charge in [-0.3, -0.25) is 0 Å². The lowest BCUT2D eigenvalue weighted by atomic mass is 10.0. The number of aryl methyl sites for hydroxylation is 2. The van der Waals surface area contributed by atoms with Crippen LogP contribution in [-0.4, -0.2) is 30.2 Å². The van der Waals surface area contributed by atoms with Crippen LogP contribution in [0.25, 0.3) is 0 Å². The number of piperidine rings is 1. The van der Waals surface area contributed by atoms with Crippen LogP contribution >= 0.6 is 0 Å². The molecule has 1 fully saturated rings. The average molecular weight is 290 g/mol. The van der Waals surface area contributed by atoms with Crippen LogP contribution in [-0.2, 0) is 0 Å². The van der Waals surface area contributed by atoms with Gasteiger partial charge in [-0.05, 0) is 63.6 Å². The van der Waals surface area contributed by atoms with Crippen molar-refractivity contribution in [3.05, 3.63) is 28.8 Å². The van der Waals surface area contributed by atoms with Crippen LogP contribution < -0.4 is 10.1 Å². The minimum absolute atomic E-state index is 0.0230. The van der Waals surface area contributed by atoms with Crippen molar-refractivity contribution in [1.29, 1.82) is 0 Å². The highest BCUT2D eigenvalue weighted by Crippen LogP contribution is 2.25. The Hall–Kier alpha value is -1.71. The van der Waals surface area contributed by atoms with Crippen LogP contribution in [0.15, 0.2) is 12.1 Å². The summed E-state index contributed by atoms with van der Waals surface area (Å²) in [4.78, 5) is 14.1. The first kappa shape index (κ1) is 15.7. The fourth-order valence-electron chi connectivity index (χ4n) is 2.82. The predicted molar refractivity (Wildman–Crippen MR) is 84.7 cm³/mol. The van der Waals surface area contributed by atoms with E-state index in [0.29, 0.717) is 6.04 Å². The normalized spacial score (nSPS) is 18.5. The molecule has 2 rings (SSSR count). The van der Waals surface area contributed by atoms with E-state index in [1.54, 1.807) is 0 Å². The van der Waals surface area contributed by atoms with E-state index >= 15 is 0 Å². The van der Waals surface area contributed by atoms with Crippen LogP contribution in [0.5, 0.6) is 5.75 Å². The van der Waals surface area contributed by atoms with E-state index in [9.17, 15) is 4.79 Å². The quantitative estimate of drug-likeness (QED) is 0.865. The summed E-state index contributed by atoms with van der Waals surface area (Å²) in [5, 5.41) is 2.87. The van der Waals surface area contributed by atoms with Gasteiger partial charge in [0.25, 0.3) is 0 Å². The fourth-order valence-corrected chi connectivity index (χ4v) is 2.82. The van der Waals surface area contributed by atoms with E-state index in [1.165, 1.54) is 12.0 Å². The van der Waals surface area contributed by atoms with Crippen LogP contribution in [0, 0.1) is 20.8 Å². The zero-order valence-corrected chi connectivity index (χ0v) is 13.5. The zero-order chi connectivity index (χ0) is 15.4. The van der Waals surface area contributed by atoms with Gasteiger partial charge in [0.2, 0.25) is 0 Å². The lowest BCUT2D eigenvalue weighted by molar-refractivity contribution is 0.149. The van der Waals surface area contributed by atoms with Crippen LogP contribution in [0.1, 0.15) is 42.9 Å². The highest BCUT2D eigenvalue weighted by Gasteiger charge is 2.22. The molecule has 4 heteroatoms. The molecule has 21 heavy (non-hydrogen) atoms. The average Bonchev–Trinajstić information content (AvgIpc) is 2.47. The number of ether oxygens (including phenoxy) is 1. The van der Waals surface area contributed by atoms with E-state index < -0.39 is 0 Å². The molecule has 1 aliphatic heterocycles. The zero-order valence-electron chi connectivity index (χ0n) is 13.5. The minimum Gasteiger partial charge on any atom is -0.473 e. The first-order chi connectivity index (χ1) is 10.0. The third-order valence-corrected chi connectivity index (χ3v) is 4.38. The number of carbonyl (C=O) groups is 1. The number of nitrogens with one attached hydrogen (secondary N) is 1. The molecule has 0 radical (unpaired) electrons. The van der Waals surface area contributed by atoms with Crippen molar-refractivity contribution in [2.24, 2.45) is 0 Å². The standard InChI is InChI=1S/C17H26N2O2/c1-12-8-9-13(2)16(15(12)4)21-11-18-17(20)19-10-6-5-7-14(19)3/h8-9,14H,5-7,10-11H2,1-4H3,(H,18,20). The van der Waals surface area contributed by atoms with Crippen molar-refractivity contribution in [1.82, 2.24) is 10.2 Å². The Bertz CT molecular complexity index is 514. The number of carbonyl (C=O) groups excluding carboxylic acids is 1.